The molecule has 1 heterocycles. The van der Waals surface area contributed by atoms with Crippen LogP contribution in [0, 0.1) is 5.92 Å². The van der Waals surface area contributed by atoms with Crippen LogP contribution >= 0.6 is 0 Å². The molecule has 1 aliphatic carbocycles. The monoisotopic (exact) mass is 669 g/mol. The molecule has 1 aromatic heterocycles. The summed E-state index contributed by atoms with van der Waals surface area (Å²) >= 11 is 0. The molecule has 7 aromatic carbocycles. The van der Waals surface area contributed by atoms with E-state index in [4.69, 9.17) is 0 Å². The number of fused-ring (bicyclic) bond motifs is 3. The van der Waals surface area contributed by atoms with Crippen LogP contribution in [0.3, 0.4) is 0 Å². The van der Waals surface area contributed by atoms with Crippen molar-refractivity contribution in [1.29, 1.82) is 0 Å². The van der Waals surface area contributed by atoms with Gasteiger partial charge < -0.3 is 15.6 Å². The first-order valence-electron chi connectivity index (χ1n) is 18.1. The first-order chi connectivity index (χ1) is 25.6. The number of para-hydroxylation sites is 2. The average Bonchev–Trinajstić information content (AvgIpc) is 3.57. The smallest absolute Gasteiger partial charge is 0.0465 e. The van der Waals surface area contributed by atoms with Crippen molar-refractivity contribution in [3.63, 3.8) is 0 Å². The Labute approximate surface area is 305 Å². The van der Waals surface area contributed by atoms with Crippen LogP contribution < -0.4 is 10.6 Å². The van der Waals surface area contributed by atoms with E-state index in [0.29, 0.717) is 5.92 Å². The van der Waals surface area contributed by atoms with Gasteiger partial charge in [0.1, 0.15) is 0 Å². The third-order valence-corrected chi connectivity index (χ3v) is 10.1. The van der Waals surface area contributed by atoms with Crippen molar-refractivity contribution in [2.24, 2.45) is 5.92 Å². The standard InChI is InChI=1S/C49H39N3/c1-33-12-10-15-35(28-33)36-16-11-19-41(29-36)51-47-25-22-37(30-43(47)34-13-4-2-5-14-34)38-23-26-48(50-40-17-6-3-7-18-40)44(31-38)39-24-27-49-45(32-39)42-20-8-9-21-46(42)52-49/h2-27,29-33,50-52H,28H2,1H3. The fourth-order valence-electron chi connectivity index (χ4n) is 7.46. The lowest BCUT2D eigenvalue weighted by Gasteiger charge is -2.18. The van der Waals surface area contributed by atoms with E-state index in [9.17, 15) is 0 Å². The molecule has 250 valence electrons. The molecular formula is C49H39N3. The Kier molecular flexibility index (Phi) is 8.22. The molecule has 0 spiro atoms. The normalized spacial score (nSPS) is 14.0. The van der Waals surface area contributed by atoms with E-state index in [1.807, 2.05) is 6.07 Å². The summed E-state index contributed by atoms with van der Waals surface area (Å²) in [5.74, 6) is 0.550. The van der Waals surface area contributed by atoms with Gasteiger partial charge in [-0.05, 0) is 112 Å². The van der Waals surface area contributed by atoms with Crippen molar-refractivity contribution >= 4 is 50.1 Å². The predicted molar refractivity (Wildman–Crippen MR) is 222 cm³/mol. The van der Waals surface area contributed by atoms with Gasteiger partial charge in [0.05, 0.1) is 0 Å². The predicted octanol–water partition coefficient (Wildman–Crippen LogP) is 13.8. The van der Waals surface area contributed by atoms with Gasteiger partial charge in [-0.15, -0.1) is 0 Å². The zero-order valence-corrected chi connectivity index (χ0v) is 29.1. The number of anilines is 4. The highest BCUT2D eigenvalue weighted by molar-refractivity contribution is 6.09. The van der Waals surface area contributed by atoms with E-state index in [1.165, 1.54) is 27.5 Å². The lowest BCUT2D eigenvalue weighted by Crippen LogP contribution is -1.99. The van der Waals surface area contributed by atoms with Crippen molar-refractivity contribution in [2.75, 3.05) is 10.6 Å². The maximum Gasteiger partial charge on any atom is 0.0465 e. The molecule has 3 nitrogen and oxygen atoms in total. The van der Waals surface area contributed by atoms with Gasteiger partial charge in [0.25, 0.3) is 0 Å². The molecule has 0 amide bonds. The Balaban J connectivity index is 1.13. The molecular weight excluding hydrogens is 631 g/mol. The maximum atomic E-state index is 3.78. The molecule has 1 atom stereocenters. The molecule has 52 heavy (non-hydrogen) atoms. The van der Waals surface area contributed by atoms with Crippen LogP contribution in [0.4, 0.5) is 22.7 Å². The van der Waals surface area contributed by atoms with Crippen LogP contribution in [-0.2, 0) is 0 Å². The van der Waals surface area contributed by atoms with Crippen LogP contribution in [0.1, 0.15) is 18.9 Å². The number of H-pyrrole nitrogens is 1. The van der Waals surface area contributed by atoms with Crippen molar-refractivity contribution in [1.82, 2.24) is 4.98 Å². The molecule has 0 radical (unpaired) electrons. The van der Waals surface area contributed by atoms with Crippen molar-refractivity contribution in [3.05, 3.63) is 188 Å². The molecule has 0 saturated carbocycles. The van der Waals surface area contributed by atoms with E-state index < -0.39 is 0 Å². The summed E-state index contributed by atoms with van der Waals surface area (Å²) in [6.45, 7) is 2.28. The second-order valence-electron chi connectivity index (χ2n) is 13.8. The average molecular weight is 670 g/mol. The number of aromatic nitrogens is 1. The van der Waals surface area contributed by atoms with Crippen molar-refractivity contribution in [2.45, 2.75) is 13.3 Å². The Morgan fingerprint density at radius 2 is 1.10 bits per heavy atom. The molecule has 3 N–H and O–H groups in total. The lowest BCUT2D eigenvalue weighted by molar-refractivity contribution is 0.749. The fraction of sp³-hybridized carbons (Fsp3) is 0.0612. The quantitative estimate of drug-likeness (QED) is 0.151. The molecule has 3 heteroatoms. The number of hydrogen-bond donors (Lipinski definition) is 3. The highest BCUT2D eigenvalue weighted by Gasteiger charge is 2.15. The number of aromatic amines is 1. The molecule has 0 aliphatic heterocycles. The van der Waals surface area contributed by atoms with Gasteiger partial charge >= 0.3 is 0 Å². The van der Waals surface area contributed by atoms with E-state index in [-0.39, 0.29) is 0 Å². The summed E-state index contributed by atoms with van der Waals surface area (Å²) in [6, 6.07) is 58.7. The molecule has 0 bridgehead atoms. The van der Waals surface area contributed by atoms with E-state index in [1.54, 1.807) is 0 Å². The fourth-order valence-corrected chi connectivity index (χ4v) is 7.46. The maximum absolute atomic E-state index is 3.78. The van der Waals surface area contributed by atoms with Crippen LogP contribution in [-0.4, -0.2) is 4.98 Å². The number of hydrogen-bond acceptors (Lipinski definition) is 2. The minimum Gasteiger partial charge on any atom is -0.355 e. The zero-order valence-electron chi connectivity index (χ0n) is 29.1. The Morgan fingerprint density at radius 1 is 0.481 bits per heavy atom. The van der Waals surface area contributed by atoms with Gasteiger partial charge in [-0.2, -0.15) is 0 Å². The second kappa shape index (κ2) is 13.6. The molecule has 0 fully saturated rings. The number of rotatable bonds is 8. The van der Waals surface area contributed by atoms with Crippen molar-refractivity contribution in [3.8, 4) is 33.4 Å². The van der Waals surface area contributed by atoms with Crippen LogP contribution in [0.15, 0.2) is 182 Å². The molecule has 8 aromatic rings. The summed E-state index contributed by atoms with van der Waals surface area (Å²) in [4.78, 5) is 3.59. The molecule has 1 unspecified atom stereocenters. The topological polar surface area (TPSA) is 39.8 Å². The molecule has 1 aliphatic rings. The van der Waals surface area contributed by atoms with E-state index >= 15 is 0 Å². The largest absolute Gasteiger partial charge is 0.355 e. The van der Waals surface area contributed by atoms with Gasteiger partial charge in [-0.1, -0.05) is 122 Å². The third-order valence-electron chi connectivity index (χ3n) is 10.1. The Bertz CT molecular complexity index is 2610. The Morgan fingerprint density at radius 3 is 1.87 bits per heavy atom. The van der Waals surface area contributed by atoms with Crippen LogP contribution in [0.25, 0.3) is 60.8 Å². The summed E-state index contributed by atoms with van der Waals surface area (Å²) in [5.41, 5.74) is 16.2. The summed E-state index contributed by atoms with van der Waals surface area (Å²) in [5, 5.41) is 9.95. The van der Waals surface area contributed by atoms with Gasteiger partial charge in [-0.3, -0.25) is 0 Å². The Hall–Kier alpha value is -6.58. The highest BCUT2D eigenvalue weighted by Crippen LogP contribution is 2.40. The van der Waals surface area contributed by atoms with Gasteiger partial charge in [0.15, 0.2) is 0 Å². The van der Waals surface area contributed by atoms with Gasteiger partial charge in [0.2, 0.25) is 0 Å². The summed E-state index contributed by atoms with van der Waals surface area (Å²) in [7, 11) is 0. The number of nitrogens with one attached hydrogen (secondary N) is 3. The van der Waals surface area contributed by atoms with Crippen molar-refractivity contribution < 1.29 is 0 Å². The SMILES string of the molecule is CC1C=CC=C(c2cccc(Nc3ccc(-c4ccc(Nc5ccccc5)c(-c5ccc6[nH]c7ccccc7c6c5)c4)cc3-c3ccccc3)c2)C1. The van der Waals surface area contributed by atoms with E-state index in [0.717, 1.165) is 68.0 Å². The minimum atomic E-state index is 0.550. The molecule has 0 saturated heterocycles. The number of benzene rings is 7. The van der Waals surface area contributed by atoms with Gasteiger partial charge in [0, 0.05) is 55.7 Å². The van der Waals surface area contributed by atoms with E-state index in [2.05, 4.69) is 198 Å². The lowest BCUT2D eigenvalue weighted by atomic mass is 9.91. The first kappa shape index (κ1) is 31.4. The third kappa shape index (κ3) is 6.29. The van der Waals surface area contributed by atoms with Gasteiger partial charge in [-0.25, -0.2) is 0 Å². The second-order valence-corrected chi connectivity index (χ2v) is 13.8. The highest BCUT2D eigenvalue weighted by atomic mass is 14.9. The van der Waals surface area contributed by atoms with Crippen LogP contribution in [0.2, 0.25) is 0 Å². The zero-order chi connectivity index (χ0) is 34.9. The minimum absolute atomic E-state index is 0.550. The first-order valence-corrected chi connectivity index (χ1v) is 18.1. The summed E-state index contributed by atoms with van der Waals surface area (Å²) < 4.78 is 0. The number of allylic oxidation sites excluding steroid dienone is 4. The van der Waals surface area contributed by atoms with Crippen LogP contribution in [0.5, 0.6) is 0 Å². The summed E-state index contributed by atoms with van der Waals surface area (Å²) in [6.07, 6.45) is 7.77. The molecule has 9 rings (SSSR count).